The molecule has 1 amide bonds. The molecule has 4 bridgehead atoms. The highest BCUT2D eigenvalue weighted by Crippen LogP contribution is 2.56. The van der Waals surface area contributed by atoms with Gasteiger partial charge in [-0.3, -0.25) is 4.79 Å². The van der Waals surface area contributed by atoms with Crippen molar-refractivity contribution in [3.63, 3.8) is 0 Å². The summed E-state index contributed by atoms with van der Waals surface area (Å²) in [7, 11) is 0. The van der Waals surface area contributed by atoms with Crippen LogP contribution in [0.25, 0.3) is 16.9 Å². The van der Waals surface area contributed by atoms with Gasteiger partial charge in [0, 0.05) is 34.3 Å². The minimum absolute atomic E-state index is 0.236. The van der Waals surface area contributed by atoms with Crippen molar-refractivity contribution in [2.24, 2.45) is 29.6 Å². The van der Waals surface area contributed by atoms with Crippen LogP contribution in [-0.2, 0) is 4.74 Å². The van der Waals surface area contributed by atoms with E-state index in [4.69, 9.17) is 44.6 Å². The molecule has 4 fully saturated rings. The Kier molecular flexibility index (Phi) is 7.47. The molecule has 0 aliphatic heterocycles. The maximum atomic E-state index is 13.2. The quantitative estimate of drug-likeness (QED) is 0.282. The molecule has 1 aromatic heterocycles. The maximum Gasteiger partial charge on any atom is 0.272 e. The SMILES string of the molecule is Cc1c(C(=O)NCCOCC2C3CC4CC(C3)CC2C4)nn(-c2ccc(Cl)cc2Cl)c1-c1ccc(Cl)cc1. The molecule has 0 saturated heterocycles. The molecule has 0 unspecified atom stereocenters. The van der Waals surface area contributed by atoms with Gasteiger partial charge in [0.25, 0.3) is 5.91 Å². The lowest BCUT2D eigenvalue weighted by Gasteiger charge is -2.54. The molecule has 3 aromatic rings. The average molecular weight is 573 g/mol. The van der Waals surface area contributed by atoms with Crippen molar-refractivity contribution < 1.29 is 9.53 Å². The number of hydrogen-bond acceptors (Lipinski definition) is 3. The van der Waals surface area contributed by atoms with Crippen molar-refractivity contribution in [2.45, 2.75) is 39.0 Å². The van der Waals surface area contributed by atoms with E-state index in [1.165, 1.54) is 32.1 Å². The third kappa shape index (κ3) is 5.11. The third-order valence-corrected chi connectivity index (χ3v) is 9.65. The fraction of sp³-hybridized carbons (Fsp3) is 0.467. The Labute approximate surface area is 238 Å². The largest absolute Gasteiger partial charge is 0.379 e. The van der Waals surface area contributed by atoms with E-state index in [0.717, 1.165) is 47.1 Å². The van der Waals surface area contributed by atoms with E-state index in [1.54, 1.807) is 22.9 Å². The summed E-state index contributed by atoms with van der Waals surface area (Å²) >= 11 is 18.8. The second kappa shape index (κ2) is 10.8. The topological polar surface area (TPSA) is 56.1 Å². The zero-order chi connectivity index (χ0) is 26.4. The Hall–Kier alpha value is -2.05. The lowest BCUT2D eigenvalue weighted by Crippen LogP contribution is -2.46. The van der Waals surface area contributed by atoms with E-state index in [9.17, 15) is 4.79 Å². The zero-order valence-electron chi connectivity index (χ0n) is 21.4. The molecule has 4 saturated carbocycles. The second-order valence-electron chi connectivity index (χ2n) is 11.3. The number of carbonyl (C=O) groups excluding carboxylic acids is 1. The molecular formula is C30H32Cl3N3O2. The highest BCUT2D eigenvalue weighted by molar-refractivity contribution is 6.35. The first-order valence-corrected chi connectivity index (χ1v) is 14.7. The Morgan fingerprint density at radius 2 is 1.63 bits per heavy atom. The molecule has 4 aliphatic rings. The molecule has 7 rings (SSSR count). The van der Waals surface area contributed by atoms with Gasteiger partial charge >= 0.3 is 0 Å². The standard InChI is InChI=1S/C30H32Cl3N3O2/c1-17-28(30(37)34-8-9-38-16-25-21-11-18-10-19(13-21)14-22(25)12-18)35-36(27-7-6-24(32)15-26(27)33)29(17)20-2-4-23(31)5-3-20/h2-7,15,18-19,21-22,25H,8-14,16H2,1H3,(H,34,37). The number of carbonyl (C=O) groups is 1. The Morgan fingerprint density at radius 1 is 0.974 bits per heavy atom. The highest BCUT2D eigenvalue weighted by atomic mass is 35.5. The fourth-order valence-corrected chi connectivity index (χ4v) is 7.95. The summed E-state index contributed by atoms with van der Waals surface area (Å²) in [6, 6.07) is 12.7. The molecule has 0 spiro atoms. The summed E-state index contributed by atoms with van der Waals surface area (Å²) in [5.41, 5.74) is 3.40. The van der Waals surface area contributed by atoms with Crippen molar-refractivity contribution in [1.82, 2.24) is 15.1 Å². The summed E-state index contributed by atoms with van der Waals surface area (Å²) in [4.78, 5) is 13.2. The normalized spacial score (nSPS) is 25.6. The van der Waals surface area contributed by atoms with Crippen LogP contribution in [0.5, 0.6) is 0 Å². The van der Waals surface area contributed by atoms with E-state index < -0.39 is 0 Å². The molecule has 5 nitrogen and oxygen atoms in total. The minimum atomic E-state index is -0.236. The van der Waals surface area contributed by atoms with Crippen molar-refractivity contribution in [3.8, 4) is 16.9 Å². The Bertz CT molecular complexity index is 1310. The first-order valence-electron chi connectivity index (χ1n) is 13.5. The molecule has 1 heterocycles. The number of nitrogens with one attached hydrogen (secondary N) is 1. The van der Waals surface area contributed by atoms with E-state index in [-0.39, 0.29) is 5.91 Å². The van der Waals surface area contributed by atoms with Crippen LogP contribution in [0, 0.1) is 36.5 Å². The van der Waals surface area contributed by atoms with Crippen LogP contribution in [0.4, 0.5) is 0 Å². The van der Waals surface area contributed by atoms with Gasteiger partial charge in [-0.1, -0.05) is 46.9 Å². The smallest absolute Gasteiger partial charge is 0.272 e. The van der Waals surface area contributed by atoms with Gasteiger partial charge in [0.2, 0.25) is 0 Å². The molecule has 1 N–H and O–H groups in total. The lowest BCUT2D eigenvalue weighted by atomic mass is 9.52. The summed E-state index contributed by atoms with van der Waals surface area (Å²) in [5, 5.41) is 9.31. The average Bonchev–Trinajstić information content (AvgIpc) is 3.22. The summed E-state index contributed by atoms with van der Waals surface area (Å²) in [6.07, 6.45) is 7.05. The second-order valence-corrected chi connectivity index (χ2v) is 12.5. The zero-order valence-corrected chi connectivity index (χ0v) is 23.7. The number of rotatable bonds is 8. The van der Waals surface area contributed by atoms with Crippen LogP contribution in [0.3, 0.4) is 0 Å². The fourth-order valence-electron chi connectivity index (χ4n) is 7.34. The summed E-state index contributed by atoms with van der Waals surface area (Å²) in [5.74, 6) is 4.09. The van der Waals surface area contributed by atoms with Gasteiger partial charge in [0.15, 0.2) is 5.69 Å². The number of amides is 1. The number of ether oxygens (including phenoxy) is 1. The van der Waals surface area contributed by atoms with Gasteiger partial charge in [-0.05, 0) is 98.9 Å². The molecule has 2 aromatic carbocycles. The van der Waals surface area contributed by atoms with Crippen LogP contribution in [0.1, 0.15) is 48.2 Å². The third-order valence-electron chi connectivity index (χ3n) is 8.86. The number of aromatic nitrogens is 2. The Balaban J connectivity index is 1.14. The maximum absolute atomic E-state index is 13.2. The molecule has 0 radical (unpaired) electrons. The predicted octanol–water partition coefficient (Wildman–Crippen LogP) is 7.63. The van der Waals surface area contributed by atoms with Gasteiger partial charge in [0.1, 0.15) is 0 Å². The van der Waals surface area contributed by atoms with E-state index in [0.29, 0.717) is 45.5 Å². The van der Waals surface area contributed by atoms with Gasteiger partial charge in [-0.15, -0.1) is 0 Å². The first-order chi connectivity index (χ1) is 18.4. The van der Waals surface area contributed by atoms with E-state index in [2.05, 4.69) is 5.32 Å². The van der Waals surface area contributed by atoms with E-state index in [1.807, 2.05) is 31.2 Å². The molecule has 4 aliphatic carbocycles. The number of nitrogens with zero attached hydrogens (tertiary/aromatic N) is 2. The molecule has 0 atom stereocenters. The van der Waals surface area contributed by atoms with Crippen molar-refractivity contribution >= 4 is 40.7 Å². The van der Waals surface area contributed by atoms with Crippen molar-refractivity contribution in [2.75, 3.05) is 19.8 Å². The van der Waals surface area contributed by atoms with Gasteiger partial charge in [-0.2, -0.15) is 5.10 Å². The molecular weight excluding hydrogens is 541 g/mol. The van der Waals surface area contributed by atoms with Gasteiger partial charge in [0.05, 0.1) is 23.0 Å². The van der Waals surface area contributed by atoms with Crippen LogP contribution in [0.2, 0.25) is 15.1 Å². The number of benzene rings is 2. The monoisotopic (exact) mass is 571 g/mol. The van der Waals surface area contributed by atoms with Crippen LogP contribution in [-0.4, -0.2) is 35.4 Å². The minimum Gasteiger partial charge on any atom is -0.379 e. The van der Waals surface area contributed by atoms with Crippen molar-refractivity contribution in [3.05, 3.63) is 68.8 Å². The van der Waals surface area contributed by atoms with Gasteiger partial charge < -0.3 is 10.1 Å². The number of hydrogen-bond donors (Lipinski definition) is 1. The molecule has 8 heteroatoms. The molecule has 38 heavy (non-hydrogen) atoms. The number of halogens is 3. The van der Waals surface area contributed by atoms with Crippen LogP contribution >= 0.6 is 34.8 Å². The van der Waals surface area contributed by atoms with E-state index >= 15 is 0 Å². The molecule has 200 valence electrons. The summed E-state index contributed by atoms with van der Waals surface area (Å²) < 4.78 is 7.80. The Morgan fingerprint density at radius 3 is 2.29 bits per heavy atom. The van der Waals surface area contributed by atoms with Crippen LogP contribution in [0.15, 0.2) is 42.5 Å². The lowest BCUT2D eigenvalue weighted by molar-refractivity contribution is -0.0708. The summed E-state index contributed by atoms with van der Waals surface area (Å²) in [6.45, 7) is 3.65. The van der Waals surface area contributed by atoms with Crippen LogP contribution < -0.4 is 5.32 Å². The van der Waals surface area contributed by atoms with Gasteiger partial charge in [-0.25, -0.2) is 4.68 Å². The first kappa shape index (κ1) is 26.2. The highest BCUT2D eigenvalue weighted by Gasteiger charge is 2.48. The van der Waals surface area contributed by atoms with Crippen molar-refractivity contribution in [1.29, 1.82) is 0 Å². The predicted molar refractivity (Wildman–Crippen MR) is 152 cm³/mol.